The maximum Gasteiger partial charge on any atom is 0.00786 e. The van der Waals surface area contributed by atoms with Crippen LogP contribution in [0, 0.1) is 0 Å². The molecule has 0 atom stereocenters. The lowest BCUT2D eigenvalue weighted by atomic mass is 9.98. The van der Waals surface area contributed by atoms with Gasteiger partial charge < -0.3 is 5.32 Å². The summed E-state index contributed by atoms with van der Waals surface area (Å²) in [6.07, 6.45) is 7.82. The van der Waals surface area contributed by atoms with Crippen molar-refractivity contribution in [2.75, 3.05) is 7.05 Å². The molecule has 0 saturated heterocycles. The van der Waals surface area contributed by atoms with Crippen LogP contribution in [0.1, 0.15) is 20.8 Å². The number of allylic oxidation sites excluding steroid dienone is 9. The molecule has 92 valence electrons. The third kappa shape index (κ3) is 5.21. The first-order valence-corrected chi connectivity index (χ1v) is 5.65. The van der Waals surface area contributed by atoms with Crippen molar-refractivity contribution >= 4 is 0 Å². The Morgan fingerprint density at radius 3 is 1.94 bits per heavy atom. The highest BCUT2D eigenvalue weighted by Crippen LogP contribution is 2.20. The monoisotopic (exact) mass is 229 g/mol. The lowest BCUT2D eigenvalue weighted by Gasteiger charge is -2.09. The highest BCUT2D eigenvalue weighted by molar-refractivity contribution is 5.53. The van der Waals surface area contributed by atoms with Gasteiger partial charge in [-0.05, 0) is 43.6 Å². The summed E-state index contributed by atoms with van der Waals surface area (Å²) in [5, 5.41) is 3.11. The molecule has 1 N–H and O–H groups in total. The van der Waals surface area contributed by atoms with E-state index in [1.807, 2.05) is 46.0 Å². The SMILES string of the molecule is C=C/C(C)=C(C=C)/C(=C\C(=C)C)/C=C(\C)NC. The lowest BCUT2D eigenvalue weighted by Crippen LogP contribution is -2.02. The van der Waals surface area contributed by atoms with Crippen LogP contribution in [0.15, 0.2) is 72.0 Å². The van der Waals surface area contributed by atoms with Crippen LogP contribution in [-0.2, 0) is 0 Å². The van der Waals surface area contributed by atoms with E-state index in [1.165, 1.54) is 0 Å². The van der Waals surface area contributed by atoms with Gasteiger partial charge in [-0.15, -0.1) is 0 Å². The van der Waals surface area contributed by atoms with Crippen molar-refractivity contribution < 1.29 is 0 Å². The molecule has 0 rings (SSSR count). The van der Waals surface area contributed by atoms with E-state index in [2.05, 4.69) is 31.1 Å². The fraction of sp³-hybridized carbons (Fsp3) is 0.250. The summed E-state index contributed by atoms with van der Waals surface area (Å²) in [7, 11) is 1.90. The Hall–Kier alpha value is -1.76. The first-order valence-electron chi connectivity index (χ1n) is 5.65. The smallest absolute Gasteiger partial charge is 0.00786 e. The Labute approximate surface area is 106 Å². The standard InChI is InChI=1S/C16H23N/c1-8-13(5)16(9-2)15(10-12(3)4)11-14(6)17-7/h8-11,17H,1-3H2,4-7H3/b14-11+,15-10-,16-13+. The minimum absolute atomic E-state index is 1.01. The number of hydrogen-bond donors (Lipinski definition) is 1. The van der Waals surface area contributed by atoms with Crippen LogP contribution in [0.25, 0.3) is 0 Å². The number of rotatable bonds is 6. The van der Waals surface area contributed by atoms with Gasteiger partial charge in [0, 0.05) is 12.7 Å². The van der Waals surface area contributed by atoms with E-state index in [0.717, 1.165) is 28.0 Å². The molecular formula is C16H23N. The number of nitrogens with one attached hydrogen (secondary N) is 1. The van der Waals surface area contributed by atoms with E-state index >= 15 is 0 Å². The fourth-order valence-electron chi connectivity index (χ4n) is 1.38. The Kier molecular flexibility index (Phi) is 6.73. The van der Waals surface area contributed by atoms with Gasteiger partial charge in [0.25, 0.3) is 0 Å². The summed E-state index contributed by atoms with van der Waals surface area (Å²) in [5.74, 6) is 0. The molecule has 0 spiro atoms. The van der Waals surface area contributed by atoms with Crippen LogP contribution in [-0.4, -0.2) is 7.05 Å². The van der Waals surface area contributed by atoms with Crippen molar-refractivity contribution in [3.63, 3.8) is 0 Å². The van der Waals surface area contributed by atoms with Gasteiger partial charge >= 0.3 is 0 Å². The molecule has 0 aliphatic carbocycles. The summed E-state index contributed by atoms with van der Waals surface area (Å²) in [4.78, 5) is 0. The maximum atomic E-state index is 3.92. The zero-order chi connectivity index (χ0) is 13.4. The first kappa shape index (κ1) is 15.2. The van der Waals surface area contributed by atoms with Crippen LogP contribution in [0.3, 0.4) is 0 Å². The normalized spacial score (nSPS) is 13.9. The largest absolute Gasteiger partial charge is 0.392 e. The summed E-state index contributed by atoms with van der Waals surface area (Å²) >= 11 is 0. The molecule has 0 heterocycles. The molecule has 0 fully saturated rings. The van der Waals surface area contributed by atoms with E-state index in [1.54, 1.807) is 0 Å². The predicted octanol–water partition coefficient (Wildman–Crippen LogP) is 4.30. The van der Waals surface area contributed by atoms with E-state index in [-0.39, 0.29) is 0 Å². The van der Waals surface area contributed by atoms with E-state index in [9.17, 15) is 0 Å². The Bertz CT molecular complexity index is 403. The second-order valence-electron chi connectivity index (χ2n) is 4.03. The minimum atomic E-state index is 1.01. The number of hydrogen-bond acceptors (Lipinski definition) is 1. The van der Waals surface area contributed by atoms with Crippen LogP contribution in [0.4, 0.5) is 0 Å². The molecular weight excluding hydrogens is 206 g/mol. The van der Waals surface area contributed by atoms with E-state index in [0.29, 0.717) is 0 Å². The molecule has 1 heteroatoms. The third-order valence-electron chi connectivity index (χ3n) is 2.41. The van der Waals surface area contributed by atoms with Crippen LogP contribution in [0.2, 0.25) is 0 Å². The third-order valence-corrected chi connectivity index (χ3v) is 2.41. The van der Waals surface area contributed by atoms with Crippen molar-refractivity contribution in [1.29, 1.82) is 0 Å². The van der Waals surface area contributed by atoms with Crippen molar-refractivity contribution in [2.45, 2.75) is 20.8 Å². The van der Waals surface area contributed by atoms with Crippen LogP contribution >= 0.6 is 0 Å². The minimum Gasteiger partial charge on any atom is -0.392 e. The highest BCUT2D eigenvalue weighted by atomic mass is 14.8. The Morgan fingerprint density at radius 1 is 1.00 bits per heavy atom. The summed E-state index contributed by atoms with van der Waals surface area (Å²) in [6.45, 7) is 17.6. The molecule has 0 radical (unpaired) electrons. The first-order chi connectivity index (χ1) is 7.96. The Balaban J connectivity index is 5.72. The second kappa shape index (κ2) is 7.50. The molecule has 0 aromatic rings. The fourth-order valence-corrected chi connectivity index (χ4v) is 1.38. The molecule has 0 aliphatic rings. The van der Waals surface area contributed by atoms with Crippen molar-refractivity contribution in [1.82, 2.24) is 5.32 Å². The van der Waals surface area contributed by atoms with Gasteiger partial charge in [-0.1, -0.05) is 43.5 Å². The molecule has 0 aliphatic heterocycles. The van der Waals surface area contributed by atoms with Crippen LogP contribution in [0.5, 0.6) is 0 Å². The van der Waals surface area contributed by atoms with Gasteiger partial charge in [0.2, 0.25) is 0 Å². The topological polar surface area (TPSA) is 12.0 Å². The molecule has 0 aromatic heterocycles. The summed E-state index contributed by atoms with van der Waals surface area (Å²) < 4.78 is 0. The van der Waals surface area contributed by atoms with Crippen LogP contribution < -0.4 is 5.32 Å². The average molecular weight is 229 g/mol. The summed E-state index contributed by atoms with van der Waals surface area (Å²) in [6, 6.07) is 0. The average Bonchev–Trinajstić information content (AvgIpc) is 2.28. The van der Waals surface area contributed by atoms with Gasteiger partial charge in [0.1, 0.15) is 0 Å². The zero-order valence-corrected chi connectivity index (χ0v) is 11.4. The Morgan fingerprint density at radius 2 is 1.59 bits per heavy atom. The van der Waals surface area contributed by atoms with Gasteiger partial charge in [-0.2, -0.15) is 0 Å². The van der Waals surface area contributed by atoms with E-state index in [4.69, 9.17) is 0 Å². The second-order valence-corrected chi connectivity index (χ2v) is 4.03. The van der Waals surface area contributed by atoms with Gasteiger partial charge in [-0.3, -0.25) is 0 Å². The zero-order valence-electron chi connectivity index (χ0n) is 11.4. The molecule has 0 saturated carbocycles. The van der Waals surface area contributed by atoms with Crippen molar-refractivity contribution in [3.8, 4) is 0 Å². The molecule has 0 bridgehead atoms. The van der Waals surface area contributed by atoms with Gasteiger partial charge in [-0.25, -0.2) is 0 Å². The molecule has 1 nitrogen and oxygen atoms in total. The molecule has 0 unspecified atom stereocenters. The van der Waals surface area contributed by atoms with Gasteiger partial charge in [0.05, 0.1) is 0 Å². The summed E-state index contributed by atoms with van der Waals surface area (Å²) in [5.41, 5.74) is 5.38. The van der Waals surface area contributed by atoms with Crippen molar-refractivity contribution in [2.24, 2.45) is 0 Å². The maximum absolute atomic E-state index is 3.92. The predicted molar refractivity (Wildman–Crippen MR) is 78.8 cm³/mol. The van der Waals surface area contributed by atoms with E-state index < -0.39 is 0 Å². The van der Waals surface area contributed by atoms with Gasteiger partial charge in [0.15, 0.2) is 0 Å². The molecule has 17 heavy (non-hydrogen) atoms. The lowest BCUT2D eigenvalue weighted by molar-refractivity contribution is 0.987. The van der Waals surface area contributed by atoms with Crippen molar-refractivity contribution in [3.05, 3.63) is 72.0 Å². The highest BCUT2D eigenvalue weighted by Gasteiger charge is 2.02. The molecule has 0 amide bonds. The quantitative estimate of drug-likeness (QED) is 0.670. The molecule has 0 aromatic carbocycles.